The molecule has 10 heteroatoms. The van der Waals surface area contributed by atoms with Crippen molar-refractivity contribution in [3.8, 4) is 0 Å². The molecule has 0 aliphatic rings. The number of hydrazine groups is 1. The highest BCUT2D eigenvalue weighted by Crippen LogP contribution is 2.14. The van der Waals surface area contributed by atoms with E-state index in [1.165, 1.54) is 30.3 Å². The van der Waals surface area contributed by atoms with Crippen LogP contribution < -0.4 is 16.5 Å². The number of amides is 3. The Bertz CT molecular complexity index is 844. The van der Waals surface area contributed by atoms with Crippen molar-refractivity contribution >= 4 is 35.3 Å². The molecule has 3 amide bonds. The predicted octanol–water partition coefficient (Wildman–Crippen LogP) is 1.94. The zero-order valence-electron chi connectivity index (χ0n) is 15.1. The summed E-state index contributed by atoms with van der Waals surface area (Å²) in [5.41, 5.74) is 9.12. The number of primary amides is 1. The molecule has 0 fully saturated rings. The smallest absolute Gasteiger partial charge is 0.412 e. The fraction of sp³-hybridized carbons (Fsp3) is 0.222. The summed E-state index contributed by atoms with van der Waals surface area (Å²) in [6.07, 6.45) is 0.502. The van der Waals surface area contributed by atoms with Gasteiger partial charge >= 0.3 is 6.09 Å². The molecule has 0 saturated carbocycles. The highest BCUT2D eigenvalue weighted by molar-refractivity contribution is 6.31. The molecule has 2 aromatic rings. The minimum Gasteiger partial charge on any atom is -0.447 e. The van der Waals surface area contributed by atoms with Crippen LogP contribution in [0.4, 0.5) is 10.6 Å². The number of carbonyl (C=O) groups excluding carboxylic acids is 3. The van der Waals surface area contributed by atoms with Gasteiger partial charge < -0.3 is 10.5 Å². The molecular weight excluding hydrogens is 386 g/mol. The number of hydrogen-bond donors (Lipinski definition) is 3. The van der Waals surface area contributed by atoms with Gasteiger partial charge in [-0.25, -0.2) is 15.2 Å². The van der Waals surface area contributed by atoms with E-state index in [4.69, 9.17) is 22.1 Å². The minimum absolute atomic E-state index is 0.0414. The summed E-state index contributed by atoms with van der Waals surface area (Å²) >= 11 is 6.08. The van der Waals surface area contributed by atoms with E-state index in [2.05, 4.69) is 15.7 Å². The summed E-state index contributed by atoms with van der Waals surface area (Å²) in [4.78, 5) is 38.4. The van der Waals surface area contributed by atoms with Gasteiger partial charge in [-0.2, -0.15) is 0 Å². The number of benzene rings is 1. The van der Waals surface area contributed by atoms with Gasteiger partial charge in [0.25, 0.3) is 0 Å². The van der Waals surface area contributed by atoms with Gasteiger partial charge in [0.2, 0.25) is 11.8 Å². The molecule has 0 bridgehead atoms. The van der Waals surface area contributed by atoms with Gasteiger partial charge in [0.15, 0.2) is 0 Å². The number of anilines is 1. The van der Waals surface area contributed by atoms with Gasteiger partial charge in [-0.3, -0.25) is 19.9 Å². The van der Waals surface area contributed by atoms with Gasteiger partial charge in [-0.05, 0) is 23.8 Å². The van der Waals surface area contributed by atoms with E-state index in [-0.39, 0.29) is 30.4 Å². The van der Waals surface area contributed by atoms with E-state index in [1.807, 2.05) is 18.2 Å². The maximum absolute atomic E-state index is 11.8. The Balaban J connectivity index is 1.78. The van der Waals surface area contributed by atoms with Crippen molar-refractivity contribution in [1.29, 1.82) is 0 Å². The standard InChI is InChI=1S/C18H20ClN5O4/c1-12(25)24(22-11-13-4-2-3-5-15(13)19)8-9-28-18(27)23-16-7-6-14(10-21-16)17(20)26/h2-7,10,22H,8-9,11H2,1H3,(H2,20,26)(H,21,23,27). The average molecular weight is 406 g/mol. The molecule has 9 nitrogen and oxygen atoms in total. The number of pyridine rings is 1. The van der Waals surface area contributed by atoms with Crippen LogP contribution >= 0.6 is 11.6 Å². The van der Waals surface area contributed by atoms with Crippen LogP contribution in [0.15, 0.2) is 42.6 Å². The third-order valence-electron chi connectivity index (χ3n) is 3.62. The summed E-state index contributed by atoms with van der Waals surface area (Å²) in [5.74, 6) is -0.648. The van der Waals surface area contributed by atoms with Crippen molar-refractivity contribution in [1.82, 2.24) is 15.4 Å². The normalized spacial score (nSPS) is 10.2. The lowest BCUT2D eigenvalue weighted by Gasteiger charge is -2.22. The lowest BCUT2D eigenvalue weighted by atomic mass is 10.2. The Hall–Kier alpha value is -3.17. The number of nitrogens with zero attached hydrogens (tertiary/aromatic N) is 2. The van der Waals surface area contributed by atoms with Crippen molar-refractivity contribution in [2.75, 3.05) is 18.5 Å². The van der Waals surface area contributed by atoms with Gasteiger partial charge in [0.1, 0.15) is 12.4 Å². The SMILES string of the molecule is CC(=O)N(CCOC(=O)Nc1ccc(C(N)=O)cn1)NCc1ccccc1Cl. The summed E-state index contributed by atoms with van der Waals surface area (Å²) < 4.78 is 5.04. The van der Waals surface area contributed by atoms with Crippen LogP contribution in [-0.2, 0) is 16.1 Å². The molecule has 0 spiro atoms. The molecule has 0 aliphatic carbocycles. The zero-order chi connectivity index (χ0) is 20.5. The predicted molar refractivity (Wildman–Crippen MR) is 103 cm³/mol. The van der Waals surface area contributed by atoms with Crippen LogP contribution in [0.1, 0.15) is 22.8 Å². The van der Waals surface area contributed by atoms with Gasteiger partial charge in [0, 0.05) is 24.7 Å². The zero-order valence-corrected chi connectivity index (χ0v) is 15.9. The van der Waals surface area contributed by atoms with Crippen LogP contribution in [0, 0.1) is 0 Å². The number of halogens is 1. The Morgan fingerprint density at radius 1 is 1.21 bits per heavy atom. The first-order valence-corrected chi connectivity index (χ1v) is 8.69. The Morgan fingerprint density at radius 3 is 2.57 bits per heavy atom. The first kappa shape index (κ1) is 21.1. The molecule has 0 radical (unpaired) electrons. The lowest BCUT2D eigenvalue weighted by molar-refractivity contribution is -0.132. The molecule has 1 aromatic heterocycles. The molecule has 2 rings (SSSR count). The van der Waals surface area contributed by atoms with Crippen LogP contribution in [0.2, 0.25) is 5.02 Å². The maximum Gasteiger partial charge on any atom is 0.412 e. The highest BCUT2D eigenvalue weighted by Gasteiger charge is 2.11. The third-order valence-corrected chi connectivity index (χ3v) is 3.99. The summed E-state index contributed by atoms with van der Waals surface area (Å²) in [5, 5.41) is 4.33. The van der Waals surface area contributed by atoms with E-state index in [0.717, 1.165) is 5.56 Å². The summed E-state index contributed by atoms with van der Waals surface area (Å²) in [6, 6.07) is 10.1. The first-order chi connectivity index (χ1) is 13.4. The van der Waals surface area contributed by atoms with E-state index >= 15 is 0 Å². The van der Waals surface area contributed by atoms with Gasteiger partial charge in [0.05, 0.1) is 12.1 Å². The van der Waals surface area contributed by atoms with Crippen LogP contribution in [-0.4, -0.2) is 41.1 Å². The van der Waals surface area contributed by atoms with Crippen molar-refractivity contribution in [3.63, 3.8) is 0 Å². The van der Waals surface area contributed by atoms with Crippen molar-refractivity contribution < 1.29 is 19.1 Å². The molecule has 28 heavy (non-hydrogen) atoms. The fourth-order valence-corrected chi connectivity index (χ4v) is 2.36. The fourth-order valence-electron chi connectivity index (χ4n) is 2.15. The van der Waals surface area contributed by atoms with E-state index in [0.29, 0.717) is 11.6 Å². The van der Waals surface area contributed by atoms with E-state index in [1.54, 1.807) is 6.07 Å². The van der Waals surface area contributed by atoms with Crippen LogP contribution in [0.25, 0.3) is 0 Å². The molecule has 4 N–H and O–H groups in total. The van der Waals surface area contributed by atoms with Crippen LogP contribution in [0.3, 0.4) is 0 Å². The highest BCUT2D eigenvalue weighted by atomic mass is 35.5. The second-order valence-corrected chi connectivity index (χ2v) is 6.06. The molecule has 0 saturated heterocycles. The quantitative estimate of drug-likeness (QED) is 0.576. The van der Waals surface area contributed by atoms with Crippen LogP contribution in [0.5, 0.6) is 0 Å². The number of hydrogen-bond acceptors (Lipinski definition) is 6. The monoisotopic (exact) mass is 405 g/mol. The maximum atomic E-state index is 11.8. The summed E-state index contributed by atoms with van der Waals surface area (Å²) in [7, 11) is 0. The first-order valence-electron chi connectivity index (χ1n) is 8.31. The lowest BCUT2D eigenvalue weighted by Crippen LogP contribution is -2.43. The number of carbonyl (C=O) groups is 3. The van der Waals surface area contributed by atoms with E-state index in [9.17, 15) is 14.4 Å². The van der Waals surface area contributed by atoms with Crippen molar-refractivity contribution in [2.45, 2.75) is 13.5 Å². The molecular formula is C18H20ClN5O4. The number of rotatable bonds is 8. The Kier molecular flexibility index (Phi) is 7.73. The van der Waals surface area contributed by atoms with Crippen molar-refractivity contribution in [2.24, 2.45) is 5.73 Å². The number of nitrogens with one attached hydrogen (secondary N) is 2. The Labute approximate surface area is 166 Å². The molecule has 1 heterocycles. The minimum atomic E-state index is -0.742. The number of nitrogens with two attached hydrogens (primary N) is 1. The molecule has 1 aromatic carbocycles. The van der Waals surface area contributed by atoms with Gasteiger partial charge in [-0.1, -0.05) is 29.8 Å². The largest absolute Gasteiger partial charge is 0.447 e. The molecule has 0 aliphatic heterocycles. The van der Waals surface area contributed by atoms with Crippen molar-refractivity contribution in [3.05, 3.63) is 58.7 Å². The average Bonchev–Trinajstić information content (AvgIpc) is 2.65. The topological polar surface area (TPSA) is 127 Å². The Morgan fingerprint density at radius 2 is 1.96 bits per heavy atom. The summed E-state index contributed by atoms with van der Waals surface area (Å²) in [6.45, 7) is 1.84. The third kappa shape index (κ3) is 6.53. The molecule has 0 unspecified atom stereocenters. The second-order valence-electron chi connectivity index (χ2n) is 5.65. The molecule has 0 atom stereocenters. The molecule has 148 valence electrons. The van der Waals surface area contributed by atoms with Gasteiger partial charge in [-0.15, -0.1) is 0 Å². The van der Waals surface area contributed by atoms with E-state index < -0.39 is 12.0 Å². The number of aromatic nitrogens is 1. The number of ether oxygens (including phenoxy) is 1. The second kappa shape index (κ2) is 10.2.